The van der Waals surface area contributed by atoms with E-state index in [2.05, 4.69) is 27.6 Å². The number of nitrogens with one attached hydrogen (secondary N) is 1. The summed E-state index contributed by atoms with van der Waals surface area (Å²) in [5.74, 6) is -0.110. The molecule has 0 bridgehead atoms. The second-order valence-electron chi connectivity index (χ2n) is 5.74. The molecule has 0 aliphatic carbocycles. The standard InChI is InChI=1S/C19H21N3O/c23-19(14-16-6-2-1-3-7-16)21-20-15-17-8-10-18(11-9-17)22-12-4-5-13-22/h1-3,6-11,15H,4-5,12-14H2,(H,21,23)/b20-15-. The highest BCUT2D eigenvalue weighted by molar-refractivity contribution is 5.83. The number of nitrogens with zero attached hydrogens (tertiary/aromatic N) is 2. The molecule has 3 rings (SSSR count). The van der Waals surface area contributed by atoms with Crippen LogP contribution in [0, 0.1) is 0 Å². The number of amides is 1. The maximum Gasteiger partial charge on any atom is 0.244 e. The molecule has 1 saturated heterocycles. The summed E-state index contributed by atoms with van der Waals surface area (Å²) in [6.45, 7) is 2.28. The third-order valence-corrected chi connectivity index (χ3v) is 3.97. The van der Waals surface area contributed by atoms with Crippen LogP contribution in [0.15, 0.2) is 59.7 Å². The zero-order chi connectivity index (χ0) is 15.9. The number of carbonyl (C=O) groups is 1. The van der Waals surface area contributed by atoms with Crippen LogP contribution < -0.4 is 10.3 Å². The molecule has 0 radical (unpaired) electrons. The van der Waals surface area contributed by atoms with Gasteiger partial charge in [-0.25, -0.2) is 5.43 Å². The van der Waals surface area contributed by atoms with Crippen molar-refractivity contribution in [2.75, 3.05) is 18.0 Å². The molecule has 23 heavy (non-hydrogen) atoms. The van der Waals surface area contributed by atoms with Gasteiger partial charge in [0, 0.05) is 18.8 Å². The zero-order valence-corrected chi connectivity index (χ0v) is 13.1. The lowest BCUT2D eigenvalue weighted by atomic mass is 10.1. The van der Waals surface area contributed by atoms with Crippen LogP contribution in [-0.4, -0.2) is 25.2 Å². The third-order valence-electron chi connectivity index (χ3n) is 3.97. The van der Waals surface area contributed by atoms with E-state index in [1.165, 1.54) is 18.5 Å². The SMILES string of the molecule is O=C(Cc1ccccc1)N/N=C\c1ccc(N2CCCC2)cc1. The van der Waals surface area contributed by atoms with E-state index in [0.29, 0.717) is 6.42 Å². The van der Waals surface area contributed by atoms with Gasteiger partial charge < -0.3 is 4.90 Å². The normalized spacial score (nSPS) is 14.3. The molecular formula is C19H21N3O. The molecule has 1 fully saturated rings. The average molecular weight is 307 g/mol. The predicted octanol–water partition coefficient (Wildman–Crippen LogP) is 2.98. The smallest absolute Gasteiger partial charge is 0.244 e. The van der Waals surface area contributed by atoms with Crippen LogP contribution in [0.3, 0.4) is 0 Å². The molecule has 1 aliphatic rings. The van der Waals surface area contributed by atoms with Crippen molar-refractivity contribution in [3.8, 4) is 0 Å². The Bertz CT molecular complexity index is 659. The summed E-state index contributed by atoms with van der Waals surface area (Å²) in [6, 6.07) is 17.9. The number of carbonyl (C=O) groups excluding carboxylic acids is 1. The van der Waals surface area contributed by atoms with E-state index in [-0.39, 0.29) is 5.91 Å². The summed E-state index contributed by atoms with van der Waals surface area (Å²) in [5, 5.41) is 4.03. The molecule has 1 N–H and O–H groups in total. The number of rotatable bonds is 5. The van der Waals surface area contributed by atoms with Crippen molar-refractivity contribution in [2.24, 2.45) is 5.10 Å². The molecule has 1 amide bonds. The minimum absolute atomic E-state index is 0.110. The van der Waals surface area contributed by atoms with E-state index < -0.39 is 0 Å². The van der Waals surface area contributed by atoms with Gasteiger partial charge in [0.15, 0.2) is 0 Å². The molecular weight excluding hydrogens is 286 g/mol. The van der Waals surface area contributed by atoms with E-state index in [0.717, 1.165) is 24.2 Å². The number of hydrogen-bond donors (Lipinski definition) is 1. The lowest BCUT2D eigenvalue weighted by Gasteiger charge is -2.17. The Morgan fingerprint density at radius 1 is 1.04 bits per heavy atom. The summed E-state index contributed by atoms with van der Waals surface area (Å²) in [5.41, 5.74) is 5.79. The van der Waals surface area contributed by atoms with Gasteiger partial charge in [0.05, 0.1) is 12.6 Å². The van der Waals surface area contributed by atoms with Crippen molar-refractivity contribution in [1.29, 1.82) is 0 Å². The van der Waals surface area contributed by atoms with Crippen LogP contribution in [0.4, 0.5) is 5.69 Å². The summed E-state index contributed by atoms with van der Waals surface area (Å²) >= 11 is 0. The van der Waals surface area contributed by atoms with Gasteiger partial charge in [-0.05, 0) is 36.1 Å². The van der Waals surface area contributed by atoms with E-state index >= 15 is 0 Å². The molecule has 4 nitrogen and oxygen atoms in total. The van der Waals surface area contributed by atoms with E-state index in [4.69, 9.17) is 0 Å². The Kier molecular flexibility index (Phi) is 5.04. The Labute approximate surface area is 136 Å². The summed E-state index contributed by atoms with van der Waals surface area (Å²) < 4.78 is 0. The third kappa shape index (κ3) is 4.42. The van der Waals surface area contributed by atoms with E-state index in [1.54, 1.807) is 6.21 Å². The maximum atomic E-state index is 11.8. The molecule has 0 unspecified atom stereocenters. The first-order valence-electron chi connectivity index (χ1n) is 8.02. The van der Waals surface area contributed by atoms with Gasteiger partial charge in [0.25, 0.3) is 0 Å². The van der Waals surface area contributed by atoms with Crippen LogP contribution >= 0.6 is 0 Å². The molecule has 0 atom stereocenters. The second kappa shape index (κ2) is 7.58. The largest absolute Gasteiger partial charge is 0.372 e. The van der Waals surface area contributed by atoms with Gasteiger partial charge in [0.2, 0.25) is 5.91 Å². The molecule has 2 aromatic rings. The van der Waals surface area contributed by atoms with Crippen molar-refractivity contribution in [3.63, 3.8) is 0 Å². The minimum atomic E-state index is -0.110. The van der Waals surface area contributed by atoms with Crippen LogP contribution in [-0.2, 0) is 11.2 Å². The van der Waals surface area contributed by atoms with Crippen LogP contribution in [0.25, 0.3) is 0 Å². The molecule has 4 heteroatoms. The van der Waals surface area contributed by atoms with Crippen molar-refractivity contribution in [2.45, 2.75) is 19.3 Å². The Hall–Kier alpha value is -2.62. The van der Waals surface area contributed by atoms with Crippen LogP contribution in [0.1, 0.15) is 24.0 Å². The van der Waals surface area contributed by atoms with Gasteiger partial charge in [-0.3, -0.25) is 4.79 Å². The number of hydrazone groups is 1. The first-order valence-corrected chi connectivity index (χ1v) is 8.02. The Balaban J connectivity index is 1.50. The van der Waals surface area contributed by atoms with E-state index in [9.17, 15) is 4.79 Å². The quantitative estimate of drug-likeness (QED) is 0.682. The maximum absolute atomic E-state index is 11.8. The number of hydrogen-bond acceptors (Lipinski definition) is 3. The van der Waals surface area contributed by atoms with Crippen molar-refractivity contribution < 1.29 is 4.79 Å². The average Bonchev–Trinajstić information content (AvgIpc) is 3.11. The molecule has 0 spiro atoms. The Morgan fingerprint density at radius 2 is 1.74 bits per heavy atom. The summed E-state index contributed by atoms with van der Waals surface area (Å²) in [4.78, 5) is 14.2. The lowest BCUT2D eigenvalue weighted by molar-refractivity contribution is -0.120. The summed E-state index contributed by atoms with van der Waals surface area (Å²) in [7, 11) is 0. The minimum Gasteiger partial charge on any atom is -0.372 e. The first kappa shape index (κ1) is 15.3. The lowest BCUT2D eigenvalue weighted by Crippen LogP contribution is -2.19. The van der Waals surface area contributed by atoms with Crippen LogP contribution in [0.2, 0.25) is 0 Å². The fourth-order valence-corrected chi connectivity index (χ4v) is 2.75. The second-order valence-corrected chi connectivity index (χ2v) is 5.74. The molecule has 0 aromatic heterocycles. The van der Waals surface area contributed by atoms with E-state index in [1.807, 2.05) is 42.5 Å². The topological polar surface area (TPSA) is 44.7 Å². The molecule has 0 saturated carbocycles. The van der Waals surface area contributed by atoms with Gasteiger partial charge >= 0.3 is 0 Å². The van der Waals surface area contributed by atoms with Crippen molar-refractivity contribution in [1.82, 2.24) is 5.43 Å². The highest BCUT2D eigenvalue weighted by Gasteiger charge is 2.11. The van der Waals surface area contributed by atoms with Gasteiger partial charge in [-0.1, -0.05) is 42.5 Å². The molecule has 118 valence electrons. The molecule has 1 heterocycles. The number of anilines is 1. The van der Waals surface area contributed by atoms with Crippen molar-refractivity contribution >= 4 is 17.8 Å². The monoisotopic (exact) mass is 307 g/mol. The van der Waals surface area contributed by atoms with Crippen LogP contribution in [0.5, 0.6) is 0 Å². The number of benzene rings is 2. The molecule has 1 aliphatic heterocycles. The predicted molar refractivity (Wildman–Crippen MR) is 93.8 cm³/mol. The van der Waals surface area contributed by atoms with Crippen molar-refractivity contribution in [3.05, 3.63) is 65.7 Å². The molecule has 2 aromatic carbocycles. The highest BCUT2D eigenvalue weighted by atomic mass is 16.2. The van der Waals surface area contributed by atoms with Gasteiger partial charge in [-0.15, -0.1) is 0 Å². The first-order chi connectivity index (χ1) is 11.3. The highest BCUT2D eigenvalue weighted by Crippen LogP contribution is 2.19. The van der Waals surface area contributed by atoms with Gasteiger partial charge in [-0.2, -0.15) is 5.10 Å². The Morgan fingerprint density at radius 3 is 2.43 bits per heavy atom. The summed E-state index contributed by atoms with van der Waals surface area (Å²) in [6.07, 6.45) is 4.57. The van der Waals surface area contributed by atoms with Gasteiger partial charge in [0.1, 0.15) is 0 Å². The fourth-order valence-electron chi connectivity index (χ4n) is 2.75. The zero-order valence-electron chi connectivity index (χ0n) is 13.1. The fraction of sp³-hybridized carbons (Fsp3) is 0.263.